The Morgan fingerprint density at radius 1 is 1.43 bits per heavy atom. The van der Waals surface area contributed by atoms with E-state index in [1.807, 2.05) is 0 Å². The van der Waals surface area contributed by atoms with Crippen LogP contribution in [0.5, 0.6) is 0 Å². The Labute approximate surface area is 213 Å². The van der Waals surface area contributed by atoms with Crippen molar-refractivity contribution in [1.29, 1.82) is 0 Å². The van der Waals surface area contributed by atoms with Gasteiger partial charge < -0.3 is 19.9 Å². The lowest BCUT2D eigenvalue weighted by molar-refractivity contribution is -0.155. The zero-order valence-electron chi connectivity index (χ0n) is 19.0. The highest BCUT2D eigenvalue weighted by Crippen LogP contribution is 2.37. The van der Waals surface area contributed by atoms with E-state index in [0.717, 1.165) is 0 Å². The molecule has 186 valence electrons. The van der Waals surface area contributed by atoms with Crippen molar-refractivity contribution in [3.8, 4) is 0 Å². The Hall–Kier alpha value is -2.67. The number of carbonyl (C=O) groups excluding carboxylic acids is 1. The van der Waals surface area contributed by atoms with Crippen LogP contribution >= 0.6 is 27.3 Å². The second kappa shape index (κ2) is 10.9. The molecule has 3 heterocycles. The van der Waals surface area contributed by atoms with Crippen LogP contribution in [-0.4, -0.2) is 71.2 Å². The molecule has 0 amide bonds. The van der Waals surface area contributed by atoms with Crippen LogP contribution in [0.3, 0.4) is 0 Å². The molecule has 2 aliphatic heterocycles. The molecule has 3 unspecified atom stereocenters. The van der Waals surface area contributed by atoms with Crippen LogP contribution in [0.2, 0.25) is 0 Å². The van der Waals surface area contributed by atoms with E-state index in [9.17, 15) is 19.1 Å². The number of nitrogens with zero attached hydrogens (tertiary/aromatic N) is 3. The second-order valence-corrected chi connectivity index (χ2v) is 9.70. The fourth-order valence-electron chi connectivity index (χ4n) is 4.19. The molecule has 4 rings (SSSR count). The number of morpholine rings is 1. The first-order valence-electron chi connectivity index (χ1n) is 11.0. The first kappa shape index (κ1) is 25.4. The lowest BCUT2D eigenvalue weighted by atomic mass is 9.95. The van der Waals surface area contributed by atoms with Crippen molar-refractivity contribution in [3.05, 3.63) is 61.9 Å². The molecule has 1 aromatic carbocycles. The number of amidine groups is 1. The summed E-state index contributed by atoms with van der Waals surface area (Å²) < 4.78 is 25.2. The lowest BCUT2D eigenvalue weighted by Gasteiger charge is -2.38. The number of esters is 1. The highest BCUT2D eigenvalue weighted by atomic mass is 79.9. The maximum atomic E-state index is 13.9. The smallest absolute Gasteiger partial charge is 0.338 e. The second-order valence-electron chi connectivity index (χ2n) is 7.95. The molecule has 12 heteroatoms. The van der Waals surface area contributed by atoms with Gasteiger partial charge in [-0.2, -0.15) is 0 Å². The van der Waals surface area contributed by atoms with E-state index >= 15 is 0 Å². The Bertz CT molecular complexity index is 1170. The van der Waals surface area contributed by atoms with Gasteiger partial charge in [0.2, 0.25) is 0 Å². The lowest BCUT2D eigenvalue weighted by Crippen LogP contribution is -2.56. The highest BCUT2D eigenvalue weighted by Gasteiger charge is 2.39. The number of halogens is 2. The van der Waals surface area contributed by atoms with Gasteiger partial charge in [-0.1, -0.05) is 22.0 Å². The summed E-state index contributed by atoms with van der Waals surface area (Å²) in [5.41, 5.74) is 1.24. The largest absolute Gasteiger partial charge is 0.480 e. The van der Waals surface area contributed by atoms with Gasteiger partial charge >= 0.3 is 11.9 Å². The number of nitrogens with one attached hydrogen (secondary N) is 1. The Morgan fingerprint density at radius 3 is 2.89 bits per heavy atom. The van der Waals surface area contributed by atoms with Gasteiger partial charge in [-0.05, 0) is 31.5 Å². The van der Waals surface area contributed by atoms with Crippen LogP contribution in [0.4, 0.5) is 4.39 Å². The molecule has 1 saturated heterocycles. The molecule has 3 atom stereocenters. The molecule has 0 bridgehead atoms. The number of carboxylic acid groups (broad SMARTS) is 1. The van der Waals surface area contributed by atoms with Crippen LogP contribution in [0.1, 0.15) is 30.5 Å². The summed E-state index contributed by atoms with van der Waals surface area (Å²) in [5, 5.41) is 15.4. The van der Waals surface area contributed by atoms with Crippen LogP contribution in [0, 0.1) is 5.82 Å². The van der Waals surface area contributed by atoms with E-state index < -0.39 is 35.9 Å². The monoisotopic (exact) mass is 566 g/mol. The zero-order chi connectivity index (χ0) is 25.1. The molecule has 0 saturated carbocycles. The van der Waals surface area contributed by atoms with Gasteiger partial charge in [-0.25, -0.2) is 14.2 Å². The predicted octanol–water partition coefficient (Wildman–Crippen LogP) is 3.13. The van der Waals surface area contributed by atoms with Gasteiger partial charge in [0.25, 0.3) is 0 Å². The van der Waals surface area contributed by atoms with Crippen molar-refractivity contribution in [1.82, 2.24) is 15.2 Å². The number of aliphatic imine (C=N–C) groups is 1. The number of hydrogen-bond donors (Lipinski definition) is 2. The molecule has 1 aromatic heterocycles. The third-order valence-electron chi connectivity index (χ3n) is 5.72. The maximum Gasteiger partial charge on any atom is 0.338 e. The van der Waals surface area contributed by atoms with E-state index in [-0.39, 0.29) is 18.7 Å². The number of aliphatic carboxylic acids is 1. The minimum Gasteiger partial charge on any atom is -0.480 e. The van der Waals surface area contributed by atoms with E-state index in [0.29, 0.717) is 39.7 Å². The summed E-state index contributed by atoms with van der Waals surface area (Å²) in [6.07, 6.45) is 1.10. The molecule has 9 nitrogen and oxygen atoms in total. The molecular weight excluding hydrogens is 543 g/mol. The summed E-state index contributed by atoms with van der Waals surface area (Å²) in [6.45, 7) is 4.37. The SMILES string of the molecule is CCOC(=O)C1=C(CN2CCOC(C)C2C(=O)O)NC(c2nccs2)=NC1c1ccc(F)cc1Br. The molecule has 1 fully saturated rings. The van der Waals surface area contributed by atoms with Gasteiger partial charge in [0.05, 0.1) is 24.9 Å². The first-order chi connectivity index (χ1) is 16.8. The molecule has 2 N–H and O–H groups in total. The number of hydrogen-bond acceptors (Lipinski definition) is 9. The fraction of sp³-hybridized carbons (Fsp3) is 0.391. The van der Waals surface area contributed by atoms with Gasteiger partial charge in [0.1, 0.15) is 17.9 Å². The van der Waals surface area contributed by atoms with Crippen molar-refractivity contribution >= 4 is 45.0 Å². The maximum absolute atomic E-state index is 13.9. The number of aromatic nitrogens is 1. The number of ether oxygens (including phenoxy) is 2. The van der Waals surface area contributed by atoms with Crippen LogP contribution in [-0.2, 0) is 19.1 Å². The third-order valence-corrected chi connectivity index (χ3v) is 7.19. The van der Waals surface area contributed by atoms with Crippen molar-refractivity contribution in [2.75, 3.05) is 26.3 Å². The minimum atomic E-state index is -1.02. The number of benzene rings is 1. The van der Waals surface area contributed by atoms with E-state index in [4.69, 9.17) is 14.5 Å². The van der Waals surface area contributed by atoms with Gasteiger partial charge in [0.15, 0.2) is 10.8 Å². The predicted molar refractivity (Wildman–Crippen MR) is 131 cm³/mol. The molecule has 2 aliphatic rings. The first-order valence-corrected chi connectivity index (χ1v) is 12.7. The van der Waals surface area contributed by atoms with Crippen LogP contribution in [0.25, 0.3) is 0 Å². The van der Waals surface area contributed by atoms with Crippen molar-refractivity contribution < 1.29 is 28.6 Å². The van der Waals surface area contributed by atoms with Crippen molar-refractivity contribution in [3.63, 3.8) is 0 Å². The van der Waals surface area contributed by atoms with Crippen LogP contribution < -0.4 is 5.32 Å². The summed E-state index contributed by atoms with van der Waals surface area (Å²) in [4.78, 5) is 36.1. The summed E-state index contributed by atoms with van der Waals surface area (Å²) in [5.74, 6) is -1.62. The van der Waals surface area contributed by atoms with Gasteiger partial charge in [-0.3, -0.25) is 14.7 Å². The number of carboxylic acids is 1. The summed E-state index contributed by atoms with van der Waals surface area (Å²) in [6, 6.07) is 2.43. The Balaban J connectivity index is 1.84. The molecule has 35 heavy (non-hydrogen) atoms. The van der Waals surface area contributed by atoms with Gasteiger partial charge in [0, 0.05) is 34.8 Å². The normalized spacial score (nSPS) is 23.0. The van der Waals surface area contributed by atoms with Gasteiger partial charge in [-0.15, -0.1) is 11.3 Å². The van der Waals surface area contributed by atoms with E-state index in [1.54, 1.807) is 36.4 Å². The number of thiazole rings is 1. The Kier molecular flexibility index (Phi) is 7.95. The minimum absolute atomic E-state index is 0.110. The van der Waals surface area contributed by atoms with E-state index in [1.165, 1.54) is 23.5 Å². The fourth-order valence-corrected chi connectivity index (χ4v) is 5.34. The van der Waals surface area contributed by atoms with Crippen LogP contribution in [0.15, 0.2) is 50.5 Å². The highest BCUT2D eigenvalue weighted by molar-refractivity contribution is 9.10. The Morgan fingerprint density at radius 2 is 2.23 bits per heavy atom. The molecule has 0 aliphatic carbocycles. The molecule has 0 radical (unpaired) electrons. The standard InChI is InChI=1S/C23H24BrFN4O5S/c1-3-33-23(32)17-16(11-29-7-8-34-12(2)19(29)22(30)31)27-20(21-26-6-9-35-21)28-18(17)14-5-4-13(25)10-15(14)24/h4-6,9-10,12,18-19H,3,7-8,11H2,1-2H3,(H,27,28)(H,30,31). The molecule has 0 spiro atoms. The average Bonchev–Trinajstić information content (AvgIpc) is 3.33. The topological polar surface area (TPSA) is 113 Å². The molecular formula is C23H24BrFN4O5S. The zero-order valence-corrected chi connectivity index (χ0v) is 21.4. The average molecular weight is 567 g/mol. The van der Waals surface area contributed by atoms with E-state index in [2.05, 4.69) is 26.2 Å². The summed E-state index contributed by atoms with van der Waals surface area (Å²) >= 11 is 4.76. The number of rotatable bonds is 7. The molecule has 2 aromatic rings. The quantitative estimate of drug-likeness (QED) is 0.491. The summed E-state index contributed by atoms with van der Waals surface area (Å²) in [7, 11) is 0. The van der Waals surface area contributed by atoms with Crippen molar-refractivity contribution in [2.24, 2.45) is 4.99 Å². The number of carbonyl (C=O) groups is 2. The third kappa shape index (κ3) is 5.45. The van der Waals surface area contributed by atoms with Crippen molar-refractivity contribution in [2.45, 2.75) is 32.0 Å².